The number of nitrogens with one attached hydrogen (secondary N) is 1. The average molecular weight is 404 g/mol. The normalized spacial score (nSPS) is 14.0. The Morgan fingerprint density at radius 3 is 2.63 bits per heavy atom. The summed E-state index contributed by atoms with van der Waals surface area (Å²) in [4.78, 5) is 39.1. The molecule has 1 N–H and O–H groups in total. The Labute approximate surface area is 174 Å². The van der Waals surface area contributed by atoms with Gasteiger partial charge in [-0.25, -0.2) is 4.79 Å². The van der Waals surface area contributed by atoms with Gasteiger partial charge in [-0.05, 0) is 61.6 Å². The minimum atomic E-state index is -0.481. The highest BCUT2D eigenvalue weighted by Crippen LogP contribution is 2.20. The summed E-state index contributed by atoms with van der Waals surface area (Å²) in [5, 5.41) is 3.58. The molecular weight excluding hydrogens is 380 g/mol. The number of hydrogen-bond acceptors (Lipinski definition) is 4. The van der Waals surface area contributed by atoms with Crippen LogP contribution in [-0.2, 0) is 11.2 Å². The van der Waals surface area contributed by atoms with Gasteiger partial charge in [-0.15, -0.1) is 0 Å². The quantitative estimate of drug-likeness (QED) is 0.669. The third-order valence-electron chi connectivity index (χ3n) is 5.37. The molecule has 2 aromatic carbocycles. The average Bonchev–Trinajstić information content (AvgIpc) is 2.73. The van der Waals surface area contributed by atoms with Crippen molar-refractivity contribution < 1.29 is 14.0 Å². The number of amides is 2. The first-order valence-electron chi connectivity index (χ1n) is 10.2. The number of carbonyl (C=O) groups is 2. The monoisotopic (exact) mass is 404 g/mol. The summed E-state index contributed by atoms with van der Waals surface area (Å²) in [5.41, 5.74) is 2.70. The lowest BCUT2D eigenvalue weighted by Gasteiger charge is -2.26. The van der Waals surface area contributed by atoms with E-state index in [-0.39, 0.29) is 18.2 Å². The number of nitrogens with zero attached hydrogens (tertiary/aromatic N) is 1. The first-order valence-corrected chi connectivity index (χ1v) is 10.2. The summed E-state index contributed by atoms with van der Waals surface area (Å²) in [6.45, 7) is 3.47. The van der Waals surface area contributed by atoms with Crippen molar-refractivity contribution in [2.45, 2.75) is 32.6 Å². The molecule has 1 aliphatic heterocycles. The zero-order valence-corrected chi connectivity index (χ0v) is 16.9. The molecule has 1 aliphatic rings. The van der Waals surface area contributed by atoms with Gasteiger partial charge in [0.15, 0.2) is 0 Å². The third-order valence-corrected chi connectivity index (χ3v) is 5.37. The number of benzene rings is 2. The van der Waals surface area contributed by atoms with Crippen molar-refractivity contribution in [1.29, 1.82) is 0 Å². The lowest BCUT2D eigenvalue weighted by molar-refractivity contribution is -0.115. The van der Waals surface area contributed by atoms with Crippen LogP contribution in [0.3, 0.4) is 0 Å². The van der Waals surface area contributed by atoms with Gasteiger partial charge in [-0.1, -0.05) is 18.2 Å². The molecule has 30 heavy (non-hydrogen) atoms. The van der Waals surface area contributed by atoms with Crippen LogP contribution in [-0.4, -0.2) is 29.8 Å². The van der Waals surface area contributed by atoms with Crippen LogP contribution in [0.25, 0.3) is 11.0 Å². The summed E-state index contributed by atoms with van der Waals surface area (Å²) < 4.78 is 5.25. The molecule has 0 atom stereocenters. The standard InChI is InChI=1S/C24H24N2O4/c1-16-8-9-20-18(15-23(28)30-21(20)12-16)14-22(27)25-19-7-5-6-17(13-19)24(29)26-10-3-2-4-11-26/h5-9,12-13,15H,2-4,10-11,14H2,1H3,(H,25,27). The highest BCUT2D eigenvalue weighted by atomic mass is 16.4. The molecule has 6 heteroatoms. The summed E-state index contributed by atoms with van der Waals surface area (Å²) in [6.07, 6.45) is 3.25. The van der Waals surface area contributed by atoms with E-state index >= 15 is 0 Å². The van der Waals surface area contributed by atoms with Crippen molar-refractivity contribution >= 4 is 28.5 Å². The van der Waals surface area contributed by atoms with Crippen LogP contribution in [0.5, 0.6) is 0 Å². The van der Waals surface area contributed by atoms with Crippen LogP contribution in [0, 0.1) is 6.92 Å². The number of rotatable bonds is 4. The van der Waals surface area contributed by atoms with Gasteiger partial charge in [0.05, 0.1) is 6.42 Å². The molecule has 0 unspecified atom stereocenters. The van der Waals surface area contributed by atoms with E-state index in [9.17, 15) is 14.4 Å². The molecule has 0 saturated carbocycles. The second kappa shape index (κ2) is 8.53. The molecule has 3 aromatic rings. The Bertz CT molecular complexity index is 1160. The van der Waals surface area contributed by atoms with Gasteiger partial charge in [-0.3, -0.25) is 9.59 Å². The van der Waals surface area contributed by atoms with Crippen LogP contribution < -0.4 is 10.9 Å². The minimum absolute atomic E-state index is 0.00664. The van der Waals surface area contributed by atoms with Gasteiger partial charge in [0.25, 0.3) is 5.91 Å². The number of carbonyl (C=O) groups excluding carboxylic acids is 2. The highest BCUT2D eigenvalue weighted by Gasteiger charge is 2.18. The predicted molar refractivity (Wildman–Crippen MR) is 116 cm³/mol. The molecule has 4 rings (SSSR count). The maximum Gasteiger partial charge on any atom is 0.336 e. The zero-order valence-electron chi connectivity index (χ0n) is 16.9. The minimum Gasteiger partial charge on any atom is -0.423 e. The topological polar surface area (TPSA) is 79.6 Å². The number of fused-ring (bicyclic) bond motifs is 1. The van der Waals surface area contributed by atoms with Crippen molar-refractivity contribution in [1.82, 2.24) is 4.90 Å². The number of hydrogen-bond donors (Lipinski definition) is 1. The molecular formula is C24H24N2O4. The van der Waals surface area contributed by atoms with E-state index in [1.807, 2.05) is 24.0 Å². The van der Waals surface area contributed by atoms with E-state index in [0.29, 0.717) is 22.4 Å². The molecule has 0 bridgehead atoms. The molecule has 6 nitrogen and oxygen atoms in total. The van der Waals surface area contributed by atoms with Crippen LogP contribution in [0.1, 0.15) is 40.7 Å². The lowest BCUT2D eigenvalue weighted by atomic mass is 10.1. The molecule has 0 spiro atoms. The molecule has 1 aromatic heterocycles. The Balaban J connectivity index is 1.50. The number of aryl methyl sites for hydroxylation is 1. The van der Waals surface area contributed by atoms with Crippen molar-refractivity contribution in [3.8, 4) is 0 Å². The van der Waals surface area contributed by atoms with Crippen molar-refractivity contribution in [3.05, 3.63) is 75.6 Å². The molecule has 1 fully saturated rings. The maximum atomic E-state index is 12.7. The predicted octanol–water partition coefficient (Wildman–Crippen LogP) is 3.91. The molecule has 0 aliphatic carbocycles. The van der Waals surface area contributed by atoms with E-state index in [4.69, 9.17) is 4.42 Å². The van der Waals surface area contributed by atoms with Gasteiger partial charge < -0.3 is 14.6 Å². The van der Waals surface area contributed by atoms with Gasteiger partial charge in [0.1, 0.15) is 5.58 Å². The molecule has 2 heterocycles. The first kappa shape index (κ1) is 19.9. The van der Waals surface area contributed by atoms with Crippen molar-refractivity contribution in [3.63, 3.8) is 0 Å². The van der Waals surface area contributed by atoms with Crippen molar-refractivity contribution in [2.24, 2.45) is 0 Å². The second-order valence-corrected chi connectivity index (χ2v) is 7.75. The summed E-state index contributed by atoms with van der Waals surface area (Å²) >= 11 is 0. The van der Waals surface area contributed by atoms with E-state index in [1.54, 1.807) is 30.3 Å². The first-order chi connectivity index (χ1) is 14.5. The lowest BCUT2D eigenvalue weighted by Crippen LogP contribution is -2.35. The number of piperidine rings is 1. The second-order valence-electron chi connectivity index (χ2n) is 7.75. The van der Waals surface area contributed by atoms with Gasteiger partial charge in [-0.2, -0.15) is 0 Å². The molecule has 1 saturated heterocycles. The van der Waals surface area contributed by atoms with Crippen molar-refractivity contribution in [2.75, 3.05) is 18.4 Å². The number of anilines is 1. The molecule has 2 amide bonds. The molecule has 154 valence electrons. The Kier molecular flexibility index (Phi) is 5.65. The summed E-state index contributed by atoms with van der Waals surface area (Å²) in [6, 6.07) is 13.9. The van der Waals surface area contributed by atoms with Gasteiger partial charge >= 0.3 is 5.63 Å². The van der Waals surface area contributed by atoms with E-state index < -0.39 is 5.63 Å². The summed E-state index contributed by atoms with van der Waals surface area (Å²) in [7, 11) is 0. The largest absolute Gasteiger partial charge is 0.423 e. The smallest absolute Gasteiger partial charge is 0.336 e. The fourth-order valence-corrected chi connectivity index (χ4v) is 3.87. The maximum absolute atomic E-state index is 12.7. The van der Waals surface area contributed by atoms with Gasteiger partial charge in [0.2, 0.25) is 5.91 Å². The van der Waals surface area contributed by atoms with Crippen LogP contribution in [0.15, 0.2) is 57.7 Å². The summed E-state index contributed by atoms with van der Waals surface area (Å²) in [5.74, 6) is -0.266. The van der Waals surface area contributed by atoms with Crippen LogP contribution in [0.4, 0.5) is 5.69 Å². The zero-order chi connectivity index (χ0) is 21.1. The Morgan fingerprint density at radius 2 is 1.83 bits per heavy atom. The third kappa shape index (κ3) is 4.43. The van der Waals surface area contributed by atoms with E-state index in [0.717, 1.165) is 43.3 Å². The van der Waals surface area contributed by atoms with E-state index in [2.05, 4.69) is 5.32 Å². The fraction of sp³-hybridized carbons (Fsp3) is 0.292. The van der Waals surface area contributed by atoms with Gasteiger partial charge in [0, 0.05) is 35.8 Å². The molecule has 0 radical (unpaired) electrons. The van der Waals surface area contributed by atoms with Crippen LogP contribution >= 0.6 is 0 Å². The Morgan fingerprint density at radius 1 is 1.03 bits per heavy atom. The van der Waals surface area contributed by atoms with E-state index in [1.165, 1.54) is 6.07 Å². The number of likely N-dealkylation sites (tertiary alicyclic amines) is 1. The SMILES string of the molecule is Cc1ccc2c(CC(=O)Nc3cccc(C(=O)N4CCCCC4)c3)cc(=O)oc2c1. The fourth-order valence-electron chi connectivity index (χ4n) is 3.87. The van der Waals surface area contributed by atoms with Crippen LogP contribution in [0.2, 0.25) is 0 Å². The highest BCUT2D eigenvalue weighted by molar-refractivity contribution is 5.98. The Hall–Kier alpha value is -3.41.